The highest BCUT2D eigenvalue weighted by Gasteiger charge is 2.41. The second-order valence-corrected chi connectivity index (χ2v) is 13.8. The zero-order valence-corrected chi connectivity index (χ0v) is 27.8. The van der Waals surface area contributed by atoms with Gasteiger partial charge in [0, 0.05) is 24.2 Å². The fourth-order valence-electron chi connectivity index (χ4n) is 7.41. The molecule has 4 N–H and O–H groups in total. The summed E-state index contributed by atoms with van der Waals surface area (Å²) in [4.78, 5) is 29.6. The molecular weight excluding hydrogens is 628 g/mol. The molecule has 47 heavy (non-hydrogen) atoms. The van der Waals surface area contributed by atoms with Gasteiger partial charge < -0.3 is 29.5 Å². The topological polar surface area (TPSA) is 174 Å². The molecule has 4 fully saturated rings. The van der Waals surface area contributed by atoms with E-state index in [2.05, 4.69) is 23.9 Å². The largest absolute Gasteiger partial charge is 0.462 e. The van der Waals surface area contributed by atoms with Crippen molar-refractivity contribution in [3.05, 3.63) is 71.8 Å². The Hall–Kier alpha value is -2.91. The number of carbonyl (C=O) groups excluding carboxylic acids is 2. The Morgan fingerprint density at radius 3 is 1.19 bits per heavy atom. The van der Waals surface area contributed by atoms with Crippen LogP contribution in [-0.4, -0.2) is 113 Å². The van der Waals surface area contributed by atoms with Crippen LogP contribution in [0.1, 0.15) is 74.3 Å². The van der Waals surface area contributed by atoms with Gasteiger partial charge in [0.1, 0.15) is 24.0 Å². The van der Waals surface area contributed by atoms with E-state index in [4.69, 9.17) is 27.0 Å². The summed E-state index contributed by atoms with van der Waals surface area (Å²) in [6.07, 6.45) is 8.52. The van der Waals surface area contributed by atoms with Crippen molar-refractivity contribution in [1.82, 2.24) is 9.80 Å². The second kappa shape index (κ2) is 17.0. The molecule has 4 saturated heterocycles. The molecule has 0 radical (unpaired) electrons. The first kappa shape index (κ1) is 36.9. The lowest BCUT2D eigenvalue weighted by atomic mass is 9.98. The predicted molar refractivity (Wildman–Crippen MR) is 174 cm³/mol. The lowest BCUT2D eigenvalue weighted by Crippen LogP contribution is -2.43. The van der Waals surface area contributed by atoms with Crippen molar-refractivity contribution >= 4 is 22.3 Å². The Labute approximate surface area is 277 Å². The van der Waals surface area contributed by atoms with Crippen molar-refractivity contribution in [2.45, 2.75) is 99.6 Å². The summed E-state index contributed by atoms with van der Waals surface area (Å²) in [6.45, 7) is -0.412. The maximum Gasteiger partial charge on any atom is 0.394 e. The van der Waals surface area contributed by atoms with E-state index in [1.807, 2.05) is 60.7 Å². The highest BCUT2D eigenvalue weighted by Crippen LogP contribution is 2.37. The molecule has 0 saturated carbocycles. The van der Waals surface area contributed by atoms with Crippen LogP contribution in [0.15, 0.2) is 60.7 Å². The van der Waals surface area contributed by atoms with Crippen molar-refractivity contribution in [1.29, 1.82) is 0 Å². The van der Waals surface area contributed by atoms with Crippen molar-refractivity contribution in [3.63, 3.8) is 0 Å². The molecule has 0 spiro atoms. The number of fused-ring (bicyclic) bond motifs is 4. The minimum absolute atomic E-state index is 0.00367. The molecule has 2 aromatic rings. The minimum Gasteiger partial charge on any atom is -0.462 e. The maximum absolute atomic E-state index is 12.4. The van der Waals surface area contributed by atoms with E-state index < -0.39 is 22.2 Å². The van der Waals surface area contributed by atoms with Crippen LogP contribution in [0.4, 0.5) is 0 Å². The third-order valence-electron chi connectivity index (χ3n) is 10.0. The zero-order chi connectivity index (χ0) is 34.1. The number of piperidine rings is 2. The van der Waals surface area contributed by atoms with Gasteiger partial charge >= 0.3 is 22.3 Å². The third-order valence-corrected chi connectivity index (χ3v) is 10.0. The molecule has 2 unspecified atom stereocenters. The summed E-state index contributed by atoms with van der Waals surface area (Å²) in [5.74, 6) is -1.72. The quantitative estimate of drug-likeness (QED) is 0.238. The average Bonchev–Trinajstić information content (AvgIpc) is 3.34. The van der Waals surface area contributed by atoms with Crippen LogP contribution >= 0.6 is 0 Å². The summed E-state index contributed by atoms with van der Waals surface area (Å²) >= 11 is 0. The van der Waals surface area contributed by atoms with Gasteiger partial charge in [-0.15, -0.1) is 0 Å². The van der Waals surface area contributed by atoms with Crippen molar-refractivity contribution in [3.8, 4) is 0 Å². The molecule has 0 aliphatic carbocycles. The molecule has 0 amide bonds. The smallest absolute Gasteiger partial charge is 0.394 e. The molecule has 4 aliphatic rings. The lowest BCUT2D eigenvalue weighted by molar-refractivity contribution is -0.156. The number of rotatable bonds is 8. The van der Waals surface area contributed by atoms with Crippen molar-refractivity contribution < 1.29 is 46.8 Å². The first-order chi connectivity index (χ1) is 22.4. The Kier molecular flexibility index (Phi) is 13.3. The number of carbonyl (C=O) groups is 2. The Morgan fingerprint density at radius 2 is 0.936 bits per heavy atom. The molecule has 0 aromatic heterocycles. The maximum atomic E-state index is 12.4. The van der Waals surface area contributed by atoms with Gasteiger partial charge in [0.25, 0.3) is 0 Å². The monoisotopic (exact) mass is 676 g/mol. The number of aliphatic hydroxyl groups is 2. The lowest BCUT2D eigenvalue weighted by Gasteiger charge is -2.36. The van der Waals surface area contributed by atoms with Gasteiger partial charge in [0.2, 0.25) is 0 Å². The van der Waals surface area contributed by atoms with Crippen molar-refractivity contribution in [2.24, 2.45) is 0 Å². The van der Waals surface area contributed by atoms with Gasteiger partial charge in [-0.2, -0.15) is 8.42 Å². The highest BCUT2D eigenvalue weighted by molar-refractivity contribution is 7.79. The number of ether oxygens (including phenoxy) is 2. The van der Waals surface area contributed by atoms with Crippen LogP contribution < -0.4 is 0 Å². The van der Waals surface area contributed by atoms with E-state index in [9.17, 15) is 19.8 Å². The van der Waals surface area contributed by atoms with E-state index in [1.165, 1.54) is 25.7 Å². The number of esters is 2. The van der Waals surface area contributed by atoms with E-state index in [1.54, 1.807) is 0 Å². The molecule has 8 atom stereocenters. The molecule has 6 rings (SSSR count). The molecule has 12 nitrogen and oxygen atoms in total. The summed E-state index contributed by atoms with van der Waals surface area (Å²) < 4.78 is 43.0. The summed E-state index contributed by atoms with van der Waals surface area (Å²) in [6, 6.07) is 20.9. The van der Waals surface area contributed by atoms with Crippen LogP contribution in [0, 0.1) is 0 Å². The number of aliphatic hydroxyl groups excluding tert-OH is 2. The van der Waals surface area contributed by atoms with Crippen LogP contribution in [0.2, 0.25) is 0 Å². The number of hydrogen-bond acceptors (Lipinski definition) is 10. The SMILES string of the molecule is CN1[C@@H]2CC[C@H]1CC(OC(=O)[C@H](CO)c1ccccc1)C2.CN1[C@@H]2CC[C@H]1CC(OC(=O)[C@H](CO)c1ccccc1)C2.O=S(=O)(O)O. The highest BCUT2D eigenvalue weighted by atomic mass is 32.3. The summed E-state index contributed by atoms with van der Waals surface area (Å²) in [5.41, 5.74) is 1.64. The zero-order valence-electron chi connectivity index (χ0n) is 27.0. The van der Waals surface area contributed by atoms with Gasteiger partial charge in [-0.05, 0) is 76.6 Å². The van der Waals surface area contributed by atoms with E-state index in [0.29, 0.717) is 24.2 Å². The number of benzene rings is 2. The number of nitrogens with zero attached hydrogens (tertiary/aromatic N) is 2. The number of hydrogen-bond donors (Lipinski definition) is 4. The second-order valence-electron chi connectivity index (χ2n) is 12.9. The van der Waals surface area contributed by atoms with Gasteiger partial charge in [-0.3, -0.25) is 18.7 Å². The summed E-state index contributed by atoms with van der Waals surface area (Å²) in [7, 11) is -0.332. The first-order valence-electron chi connectivity index (χ1n) is 16.2. The Balaban J connectivity index is 0.000000186. The molecule has 4 heterocycles. The standard InChI is InChI=1S/2C17H23NO3.H2O4S/c2*1-18-13-7-8-14(18)10-15(9-13)21-17(20)16(11-19)12-5-3-2-4-6-12;1-5(2,3)4/h2*2-6,13-16,19H,7-11H2,1H3;(H2,1,2,3,4)/t2*13-,14+,15?,16-;/m11./s1. The van der Waals surface area contributed by atoms with E-state index >= 15 is 0 Å². The van der Waals surface area contributed by atoms with Crippen LogP contribution in [-0.2, 0) is 29.5 Å². The fourth-order valence-corrected chi connectivity index (χ4v) is 7.41. The van der Waals surface area contributed by atoms with Crippen molar-refractivity contribution in [2.75, 3.05) is 27.3 Å². The summed E-state index contributed by atoms with van der Waals surface area (Å²) in [5, 5.41) is 19.1. The molecule has 260 valence electrons. The first-order valence-corrected chi connectivity index (χ1v) is 17.6. The van der Waals surface area contributed by atoms with Gasteiger partial charge in [0.05, 0.1) is 13.2 Å². The minimum atomic E-state index is -4.67. The van der Waals surface area contributed by atoms with Gasteiger partial charge in [-0.1, -0.05) is 60.7 Å². The fraction of sp³-hybridized carbons (Fsp3) is 0.588. The molecule has 13 heteroatoms. The third kappa shape index (κ3) is 10.5. The molecular formula is C34H48N2O10S. The normalized spacial score (nSPS) is 28.1. The van der Waals surface area contributed by atoms with E-state index in [-0.39, 0.29) is 37.4 Å². The van der Waals surface area contributed by atoms with Crippen LogP contribution in [0.3, 0.4) is 0 Å². The molecule has 4 aliphatic heterocycles. The molecule has 2 aromatic carbocycles. The molecule has 4 bridgehead atoms. The predicted octanol–water partition coefficient (Wildman–Crippen LogP) is 3.21. The van der Waals surface area contributed by atoms with Gasteiger partial charge in [0.15, 0.2) is 0 Å². The average molecular weight is 677 g/mol. The Morgan fingerprint density at radius 1 is 0.660 bits per heavy atom. The van der Waals surface area contributed by atoms with Gasteiger partial charge in [-0.25, -0.2) is 0 Å². The van der Waals surface area contributed by atoms with Crippen LogP contribution in [0.25, 0.3) is 0 Å². The van der Waals surface area contributed by atoms with E-state index in [0.717, 1.165) is 36.8 Å². The van der Waals surface area contributed by atoms with Crippen LogP contribution in [0.5, 0.6) is 0 Å². The Bertz CT molecular complexity index is 1270.